The van der Waals surface area contributed by atoms with Crippen LogP contribution in [0.2, 0.25) is 0 Å². The van der Waals surface area contributed by atoms with E-state index in [4.69, 9.17) is 0 Å². The van der Waals surface area contributed by atoms with Crippen LogP contribution in [0.1, 0.15) is 42.7 Å². The number of pyridine rings is 1. The van der Waals surface area contributed by atoms with Crippen molar-refractivity contribution in [1.82, 2.24) is 15.2 Å². The fourth-order valence-corrected chi connectivity index (χ4v) is 3.81. The molecule has 1 aliphatic carbocycles. The molecule has 2 aromatic heterocycles. The first-order valence-electron chi connectivity index (χ1n) is 9.75. The molecule has 0 amide bonds. The topological polar surface area (TPSA) is 53.6 Å². The summed E-state index contributed by atoms with van der Waals surface area (Å²) in [6.07, 6.45) is -1.59. The van der Waals surface area contributed by atoms with Gasteiger partial charge in [0.15, 0.2) is 0 Å². The number of rotatable bonds is 4. The van der Waals surface area contributed by atoms with E-state index >= 15 is 0 Å². The third-order valence-electron chi connectivity index (χ3n) is 5.48. The van der Waals surface area contributed by atoms with Crippen molar-refractivity contribution in [3.63, 3.8) is 0 Å². The van der Waals surface area contributed by atoms with Gasteiger partial charge in [0.05, 0.1) is 11.3 Å². The van der Waals surface area contributed by atoms with Gasteiger partial charge in [-0.15, -0.1) is 0 Å². The van der Waals surface area contributed by atoms with Gasteiger partial charge in [0.1, 0.15) is 5.82 Å². The van der Waals surface area contributed by atoms with E-state index in [1.54, 1.807) is 6.07 Å². The van der Waals surface area contributed by atoms with Crippen LogP contribution in [0.15, 0.2) is 36.4 Å². The fourth-order valence-electron chi connectivity index (χ4n) is 3.81. The molecule has 1 aliphatic rings. The minimum absolute atomic E-state index is 0.203. The molecule has 0 saturated heterocycles. The average molecular weight is 418 g/mol. The number of nitrogens with zero attached hydrogens (tertiary/aromatic N) is 2. The summed E-state index contributed by atoms with van der Waals surface area (Å²) in [4.78, 5) is 3.85. The van der Waals surface area contributed by atoms with Crippen LogP contribution in [-0.4, -0.2) is 15.2 Å². The third kappa shape index (κ3) is 4.32. The first-order chi connectivity index (χ1) is 14.1. The maximum Gasteiger partial charge on any atom is 0.416 e. The monoisotopic (exact) mass is 418 g/mol. The van der Waals surface area contributed by atoms with Gasteiger partial charge in [-0.25, -0.2) is 4.98 Å². The van der Waals surface area contributed by atoms with Crippen LogP contribution in [0.5, 0.6) is 0 Å². The average Bonchev–Trinajstić information content (AvgIpc) is 3.07. The second-order valence-electron chi connectivity index (χ2n) is 8.48. The lowest BCUT2D eigenvalue weighted by atomic mass is 9.76. The first kappa shape index (κ1) is 20.4. The Morgan fingerprint density at radius 3 is 2.57 bits per heavy atom. The summed E-state index contributed by atoms with van der Waals surface area (Å²) in [5.74, 6) is -0.340. The highest BCUT2D eigenvalue weighted by Gasteiger charge is 2.30. The largest absolute Gasteiger partial charge is 0.416 e. The lowest BCUT2D eigenvalue weighted by molar-refractivity contribution is -0.137. The van der Waals surface area contributed by atoms with Crippen molar-refractivity contribution in [3.8, 4) is 11.3 Å². The smallest absolute Gasteiger partial charge is 0.366 e. The predicted molar refractivity (Wildman–Crippen MR) is 106 cm³/mol. The maximum atomic E-state index is 14.2. The van der Waals surface area contributed by atoms with E-state index in [9.17, 15) is 17.6 Å². The number of nitrogens with one attached hydrogen (secondary N) is 2. The molecule has 4 rings (SSSR count). The van der Waals surface area contributed by atoms with Crippen molar-refractivity contribution in [3.05, 3.63) is 64.7 Å². The van der Waals surface area contributed by atoms with Crippen molar-refractivity contribution >= 4 is 5.82 Å². The van der Waals surface area contributed by atoms with Gasteiger partial charge in [0.2, 0.25) is 5.95 Å². The number of benzene rings is 1. The lowest BCUT2D eigenvalue weighted by Gasteiger charge is -2.29. The molecule has 158 valence electrons. The standard InChI is InChI=1S/C22H22F4N4/c1-21(2)8-7-16-17(11-21)29-30-20(16)14-9-18(23)28-19(10-14)27-12-13-3-5-15(6-4-13)22(24,25)26/h3-6,9-10H,7-8,11-12H2,1-2H3,(H,27,28)(H,29,30). The van der Waals surface area contributed by atoms with Crippen molar-refractivity contribution in [2.45, 2.75) is 45.8 Å². The SMILES string of the molecule is CC1(C)CCc2c(-c3cc(F)nc(NCc4ccc(C(F)(F)F)cc4)c3)n[nH]c2C1. The molecule has 3 aromatic rings. The summed E-state index contributed by atoms with van der Waals surface area (Å²) in [6.45, 7) is 4.65. The summed E-state index contributed by atoms with van der Waals surface area (Å²) in [5, 5.41) is 10.5. The van der Waals surface area contributed by atoms with Crippen LogP contribution in [0.4, 0.5) is 23.4 Å². The zero-order valence-electron chi connectivity index (χ0n) is 16.7. The number of halogens is 4. The predicted octanol–water partition coefficient (Wildman–Crippen LogP) is 5.76. The molecule has 0 radical (unpaired) electrons. The number of hydrogen-bond donors (Lipinski definition) is 2. The number of aromatic nitrogens is 3. The Morgan fingerprint density at radius 1 is 1.13 bits per heavy atom. The van der Waals surface area contributed by atoms with Gasteiger partial charge in [-0.1, -0.05) is 26.0 Å². The van der Waals surface area contributed by atoms with Crippen molar-refractivity contribution in [2.75, 3.05) is 5.32 Å². The Hall–Kier alpha value is -2.90. The molecule has 4 nitrogen and oxygen atoms in total. The molecule has 30 heavy (non-hydrogen) atoms. The number of H-pyrrole nitrogens is 1. The van der Waals surface area contributed by atoms with Crippen molar-refractivity contribution in [1.29, 1.82) is 0 Å². The lowest BCUT2D eigenvalue weighted by Crippen LogP contribution is -2.21. The quantitative estimate of drug-likeness (QED) is 0.419. The minimum atomic E-state index is -4.37. The Bertz CT molecular complexity index is 1050. The number of alkyl halides is 3. The van der Waals surface area contributed by atoms with Crippen molar-refractivity contribution < 1.29 is 17.6 Å². The Balaban J connectivity index is 1.53. The Morgan fingerprint density at radius 2 is 1.87 bits per heavy atom. The van der Waals surface area contributed by atoms with Crippen LogP contribution in [-0.2, 0) is 25.6 Å². The van der Waals surface area contributed by atoms with E-state index in [0.29, 0.717) is 16.9 Å². The van der Waals surface area contributed by atoms with Crippen LogP contribution >= 0.6 is 0 Å². The summed E-state index contributed by atoms with van der Waals surface area (Å²) in [6, 6.07) is 7.89. The number of hydrogen-bond acceptors (Lipinski definition) is 3. The summed E-state index contributed by atoms with van der Waals surface area (Å²) in [5.41, 5.74) is 3.66. The molecule has 8 heteroatoms. The molecule has 0 unspecified atom stereocenters. The molecule has 0 atom stereocenters. The highest BCUT2D eigenvalue weighted by molar-refractivity contribution is 5.67. The molecule has 2 N–H and O–H groups in total. The molecule has 0 bridgehead atoms. The normalized spacial score (nSPS) is 15.7. The van der Waals surface area contributed by atoms with Gasteiger partial charge >= 0.3 is 6.18 Å². The van der Waals surface area contributed by atoms with E-state index in [2.05, 4.69) is 34.3 Å². The zero-order chi connectivity index (χ0) is 21.5. The zero-order valence-corrected chi connectivity index (χ0v) is 16.7. The van der Waals surface area contributed by atoms with Crippen LogP contribution in [0, 0.1) is 11.4 Å². The fraction of sp³-hybridized carbons (Fsp3) is 0.364. The summed E-state index contributed by atoms with van der Waals surface area (Å²) in [7, 11) is 0. The number of fused-ring (bicyclic) bond motifs is 1. The van der Waals surface area contributed by atoms with Crippen LogP contribution < -0.4 is 5.32 Å². The summed E-state index contributed by atoms with van der Waals surface area (Å²) >= 11 is 0. The highest BCUT2D eigenvalue weighted by atomic mass is 19.4. The molecular weight excluding hydrogens is 396 g/mol. The first-order valence-corrected chi connectivity index (χ1v) is 9.75. The van der Waals surface area contributed by atoms with Crippen molar-refractivity contribution in [2.24, 2.45) is 5.41 Å². The number of anilines is 1. The van der Waals surface area contributed by atoms with E-state index < -0.39 is 17.7 Å². The van der Waals surface area contributed by atoms with Gasteiger partial charge in [-0.05, 0) is 48.4 Å². The van der Waals surface area contributed by atoms with E-state index in [0.717, 1.165) is 48.3 Å². The molecular formula is C22H22F4N4. The number of aromatic amines is 1. The molecule has 0 aliphatic heterocycles. The van der Waals surface area contributed by atoms with Crippen LogP contribution in [0.3, 0.4) is 0 Å². The van der Waals surface area contributed by atoms with Gasteiger partial charge in [-0.2, -0.15) is 22.7 Å². The van der Waals surface area contributed by atoms with Crippen LogP contribution in [0.25, 0.3) is 11.3 Å². The van der Waals surface area contributed by atoms with E-state index in [1.807, 2.05) is 0 Å². The Kier molecular flexibility index (Phi) is 5.03. The molecule has 0 fully saturated rings. The summed E-state index contributed by atoms with van der Waals surface area (Å²) < 4.78 is 52.2. The highest BCUT2D eigenvalue weighted by Crippen LogP contribution is 2.38. The second kappa shape index (κ2) is 7.41. The molecule has 0 spiro atoms. The Labute approximate surface area is 171 Å². The third-order valence-corrected chi connectivity index (χ3v) is 5.48. The van der Waals surface area contributed by atoms with Gasteiger partial charge in [0.25, 0.3) is 0 Å². The molecule has 2 heterocycles. The van der Waals surface area contributed by atoms with Gasteiger partial charge in [-0.3, -0.25) is 5.10 Å². The van der Waals surface area contributed by atoms with E-state index in [1.165, 1.54) is 18.2 Å². The van der Waals surface area contributed by atoms with Gasteiger partial charge < -0.3 is 5.32 Å². The molecule has 1 aromatic carbocycles. The maximum absolute atomic E-state index is 14.2. The molecule has 0 saturated carbocycles. The second-order valence-corrected chi connectivity index (χ2v) is 8.48. The van der Waals surface area contributed by atoms with Gasteiger partial charge in [0, 0.05) is 29.4 Å². The minimum Gasteiger partial charge on any atom is -0.366 e. The van der Waals surface area contributed by atoms with E-state index in [-0.39, 0.29) is 12.0 Å².